The molecule has 0 unspecified atom stereocenters. The molecule has 2 heterocycles. The fourth-order valence-electron chi connectivity index (χ4n) is 2.56. The molecule has 27 heavy (non-hydrogen) atoms. The van der Waals surface area contributed by atoms with Crippen molar-refractivity contribution in [1.82, 2.24) is 4.57 Å². The van der Waals surface area contributed by atoms with Crippen LogP contribution in [0, 0.1) is 17.0 Å². The van der Waals surface area contributed by atoms with Crippen molar-refractivity contribution < 1.29 is 23.7 Å². The van der Waals surface area contributed by atoms with Gasteiger partial charge in [-0.15, -0.1) is 0 Å². The summed E-state index contributed by atoms with van der Waals surface area (Å²) in [5.74, 6) is -2.02. The van der Waals surface area contributed by atoms with Crippen LogP contribution < -0.4 is 4.80 Å². The normalized spacial score (nSPS) is 11.7. The first-order chi connectivity index (χ1) is 12.9. The molecular weight excluding hydrogens is 374 g/mol. The minimum absolute atomic E-state index is 0.108. The third-order valence-electron chi connectivity index (χ3n) is 3.68. The summed E-state index contributed by atoms with van der Waals surface area (Å²) in [6, 6.07) is 7.89. The zero-order valence-corrected chi connectivity index (χ0v) is 15.3. The van der Waals surface area contributed by atoms with Crippen LogP contribution in [0.1, 0.15) is 23.0 Å². The van der Waals surface area contributed by atoms with Gasteiger partial charge in [0.2, 0.25) is 5.76 Å². The summed E-state index contributed by atoms with van der Waals surface area (Å²) < 4.78 is 12.3. The second-order valence-electron chi connectivity index (χ2n) is 5.51. The molecule has 0 spiro atoms. The standard InChI is InChI=1S/C17H15N3O6S/c1-3-25-14(21)9-19-15-10(2)5-4-6-12(15)27-17(19)18-16(22)11-7-8-13(26-11)20(23)24/h4-8H,3,9H2,1-2H3. The van der Waals surface area contributed by atoms with Crippen molar-refractivity contribution >= 4 is 39.3 Å². The van der Waals surface area contributed by atoms with Crippen molar-refractivity contribution in [2.45, 2.75) is 20.4 Å². The van der Waals surface area contributed by atoms with Gasteiger partial charge in [0.1, 0.15) is 11.5 Å². The van der Waals surface area contributed by atoms with Gasteiger partial charge in [0.05, 0.1) is 22.9 Å². The van der Waals surface area contributed by atoms with Gasteiger partial charge in [-0.1, -0.05) is 23.5 Å². The number of rotatable bonds is 5. The number of furan rings is 1. The van der Waals surface area contributed by atoms with Crippen molar-refractivity contribution in [3.8, 4) is 0 Å². The van der Waals surface area contributed by atoms with E-state index in [1.807, 2.05) is 25.1 Å². The molecule has 1 amide bonds. The lowest BCUT2D eigenvalue weighted by Crippen LogP contribution is -2.23. The number of esters is 1. The lowest BCUT2D eigenvalue weighted by Gasteiger charge is -2.06. The Labute approximate surface area is 156 Å². The van der Waals surface area contributed by atoms with Crippen LogP contribution in [0.15, 0.2) is 39.7 Å². The molecule has 0 N–H and O–H groups in total. The number of hydrogen-bond donors (Lipinski definition) is 0. The number of aryl methyl sites for hydroxylation is 1. The minimum Gasteiger partial charge on any atom is -0.465 e. The van der Waals surface area contributed by atoms with Crippen LogP contribution in [0.3, 0.4) is 0 Å². The largest absolute Gasteiger partial charge is 0.465 e. The number of fused-ring (bicyclic) bond motifs is 1. The smallest absolute Gasteiger partial charge is 0.433 e. The van der Waals surface area contributed by atoms with Crippen LogP contribution in [-0.2, 0) is 16.1 Å². The number of nitrogens with zero attached hydrogens (tertiary/aromatic N) is 3. The Balaban J connectivity index is 2.10. The van der Waals surface area contributed by atoms with Gasteiger partial charge in [0.15, 0.2) is 4.80 Å². The molecule has 9 nitrogen and oxygen atoms in total. The first-order valence-corrected chi connectivity index (χ1v) is 8.80. The molecule has 0 saturated carbocycles. The predicted molar refractivity (Wildman–Crippen MR) is 96.4 cm³/mol. The molecule has 0 aliphatic heterocycles. The summed E-state index contributed by atoms with van der Waals surface area (Å²) in [4.78, 5) is 38.6. The summed E-state index contributed by atoms with van der Waals surface area (Å²) >= 11 is 1.23. The number of carbonyl (C=O) groups is 2. The molecule has 140 valence electrons. The fraction of sp³-hybridized carbons (Fsp3) is 0.235. The lowest BCUT2D eigenvalue weighted by atomic mass is 10.2. The first kappa shape index (κ1) is 18.5. The molecule has 0 atom stereocenters. The topological polar surface area (TPSA) is 117 Å². The molecule has 0 bridgehead atoms. The molecule has 3 aromatic rings. The Morgan fingerprint density at radius 1 is 1.33 bits per heavy atom. The summed E-state index contributed by atoms with van der Waals surface area (Å²) in [7, 11) is 0. The highest BCUT2D eigenvalue weighted by Crippen LogP contribution is 2.21. The number of benzene rings is 1. The highest BCUT2D eigenvalue weighted by Gasteiger charge is 2.18. The highest BCUT2D eigenvalue weighted by atomic mass is 32.1. The van der Waals surface area contributed by atoms with E-state index in [0.717, 1.165) is 21.8 Å². The molecule has 0 aliphatic rings. The van der Waals surface area contributed by atoms with E-state index in [1.54, 1.807) is 11.5 Å². The van der Waals surface area contributed by atoms with E-state index < -0.39 is 22.7 Å². The van der Waals surface area contributed by atoms with Gasteiger partial charge in [-0.25, -0.2) is 0 Å². The number of para-hydroxylation sites is 1. The molecular formula is C17H15N3O6S. The molecule has 0 saturated heterocycles. The van der Waals surface area contributed by atoms with Gasteiger partial charge in [-0.2, -0.15) is 4.99 Å². The van der Waals surface area contributed by atoms with Crippen LogP contribution in [0.5, 0.6) is 0 Å². The minimum atomic E-state index is -0.773. The van der Waals surface area contributed by atoms with E-state index in [4.69, 9.17) is 9.15 Å². The van der Waals surface area contributed by atoms with E-state index in [0.29, 0.717) is 0 Å². The Bertz CT molecular complexity index is 1110. The quantitative estimate of drug-likeness (QED) is 0.376. The van der Waals surface area contributed by atoms with E-state index in [1.165, 1.54) is 17.4 Å². The van der Waals surface area contributed by atoms with Crippen LogP contribution in [0.25, 0.3) is 10.2 Å². The molecule has 0 aliphatic carbocycles. The Morgan fingerprint density at radius 3 is 2.78 bits per heavy atom. The van der Waals surface area contributed by atoms with Crippen LogP contribution in [0.4, 0.5) is 5.88 Å². The summed E-state index contributed by atoms with van der Waals surface area (Å²) in [5, 5.41) is 10.7. The molecule has 10 heteroatoms. The van der Waals surface area contributed by atoms with Gasteiger partial charge < -0.3 is 13.7 Å². The van der Waals surface area contributed by atoms with Crippen molar-refractivity contribution in [2.75, 3.05) is 6.61 Å². The maximum Gasteiger partial charge on any atom is 0.433 e. The Hall–Kier alpha value is -3.27. The summed E-state index contributed by atoms with van der Waals surface area (Å²) in [6.07, 6.45) is 0. The van der Waals surface area contributed by atoms with Crippen molar-refractivity contribution in [1.29, 1.82) is 0 Å². The first-order valence-electron chi connectivity index (χ1n) is 7.98. The zero-order chi connectivity index (χ0) is 19.6. The van der Waals surface area contributed by atoms with Gasteiger partial charge >= 0.3 is 17.8 Å². The predicted octanol–water partition coefficient (Wildman–Crippen LogP) is 2.82. The van der Waals surface area contributed by atoms with Gasteiger partial charge in [-0.3, -0.25) is 19.7 Å². The van der Waals surface area contributed by atoms with E-state index >= 15 is 0 Å². The monoisotopic (exact) mass is 389 g/mol. The number of amides is 1. The third kappa shape index (κ3) is 3.80. The molecule has 1 aromatic carbocycles. The second-order valence-corrected chi connectivity index (χ2v) is 6.52. The number of nitro groups is 1. The third-order valence-corrected chi connectivity index (χ3v) is 4.72. The SMILES string of the molecule is CCOC(=O)Cn1c(=NC(=O)c2ccc([N+](=O)[O-])o2)sc2cccc(C)c21. The zero-order valence-electron chi connectivity index (χ0n) is 14.5. The van der Waals surface area contributed by atoms with E-state index in [2.05, 4.69) is 4.99 Å². The molecule has 0 radical (unpaired) electrons. The van der Waals surface area contributed by atoms with E-state index in [-0.39, 0.29) is 23.7 Å². The highest BCUT2D eigenvalue weighted by molar-refractivity contribution is 7.16. The molecule has 0 fully saturated rings. The summed E-state index contributed by atoms with van der Waals surface area (Å²) in [6.45, 7) is 3.72. The average molecular weight is 389 g/mol. The number of carbonyl (C=O) groups excluding carboxylic acids is 2. The Morgan fingerprint density at radius 2 is 2.11 bits per heavy atom. The fourth-order valence-corrected chi connectivity index (χ4v) is 3.66. The van der Waals surface area contributed by atoms with Gasteiger partial charge in [0.25, 0.3) is 0 Å². The summed E-state index contributed by atoms with van der Waals surface area (Å²) in [5.41, 5.74) is 1.68. The maximum atomic E-state index is 12.4. The number of ether oxygens (including phenoxy) is 1. The van der Waals surface area contributed by atoms with Crippen molar-refractivity contribution in [3.63, 3.8) is 0 Å². The Kier molecular flexibility index (Phi) is 5.17. The van der Waals surface area contributed by atoms with E-state index in [9.17, 15) is 19.7 Å². The molecule has 3 rings (SSSR count). The van der Waals surface area contributed by atoms with Crippen molar-refractivity contribution in [2.24, 2.45) is 4.99 Å². The molecule has 2 aromatic heterocycles. The number of thiazole rings is 1. The van der Waals surface area contributed by atoms with Crippen LogP contribution >= 0.6 is 11.3 Å². The maximum absolute atomic E-state index is 12.4. The van der Waals surface area contributed by atoms with Crippen LogP contribution in [0.2, 0.25) is 0 Å². The van der Waals surface area contributed by atoms with Crippen LogP contribution in [-0.4, -0.2) is 28.0 Å². The van der Waals surface area contributed by atoms with Gasteiger partial charge in [-0.05, 0) is 31.5 Å². The number of aromatic nitrogens is 1. The van der Waals surface area contributed by atoms with Gasteiger partial charge in [0, 0.05) is 0 Å². The lowest BCUT2D eigenvalue weighted by molar-refractivity contribution is -0.402. The van der Waals surface area contributed by atoms with Crippen molar-refractivity contribution in [3.05, 3.63) is 56.6 Å². The number of hydrogen-bond acceptors (Lipinski definition) is 7. The average Bonchev–Trinajstić information content (AvgIpc) is 3.22. The second kappa shape index (κ2) is 7.54.